The minimum Gasteiger partial charge on any atom is -0.351 e. The van der Waals surface area contributed by atoms with Gasteiger partial charge in [0.25, 0.3) is 0 Å². The molecule has 0 aromatic heterocycles. The molecule has 0 amide bonds. The first-order chi connectivity index (χ1) is 10.3. The second-order valence-electron chi connectivity index (χ2n) is 5.44. The normalized spacial score (nSPS) is 19.2. The predicted molar refractivity (Wildman–Crippen MR) is 88.9 cm³/mol. The molecule has 0 bridgehead atoms. The maximum Gasteiger partial charge on any atom is 0.152 e. The van der Waals surface area contributed by atoms with E-state index in [4.69, 9.17) is 5.73 Å². The molecule has 4 heteroatoms. The van der Waals surface area contributed by atoms with Gasteiger partial charge in [0.15, 0.2) is 6.29 Å². The van der Waals surface area contributed by atoms with Gasteiger partial charge >= 0.3 is 0 Å². The molecule has 0 aliphatic carbocycles. The molecule has 4 nitrogen and oxygen atoms in total. The Bertz CT molecular complexity index is 708. The van der Waals surface area contributed by atoms with Crippen molar-refractivity contribution in [3.63, 3.8) is 0 Å². The Balaban J connectivity index is 1.86. The van der Waals surface area contributed by atoms with Crippen LogP contribution in [0.4, 0.5) is 22.7 Å². The average Bonchev–Trinajstić information content (AvgIpc) is 2.83. The van der Waals surface area contributed by atoms with Crippen LogP contribution in [0.2, 0.25) is 0 Å². The van der Waals surface area contributed by atoms with Gasteiger partial charge in [-0.2, -0.15) is 0 Å². The Kier molecular flexibility index (Phi) is 2.65. The van der Waals surface area contributed by atoms with Crippen molar-refractivity contribution in [3.8, 4) is 0 Å². The fraction of sp³-hybridized carbons (Fsp3) is 0.176. The van der Waals surface area contributed by atoms with Crippen LogP contribution in [-0.2, 0) is 0 Å². The molecule has 0 radical (unpaired) electrons. The summed E-state index contributed by atoms with van der Waals surface area (Å²) >= 11 is 0. The monoisotopic (exact) mass is 278 g/mol. The van der Waals surface area contributed by atoms with Gasteiger partial charge in [-0.15, -0.1) is 0 Å². The summed E-state index contributed by atoms with van der Waals surface area (Å²) < 4.78 is 0. The Hall–Kier alpha value is -2.46. The number of para-hydroxylation sites is 1. The smallest absolute Gasteiger partial charge is 0.152 e. The number of rotatable bonds is 1. The van der Waals surface area contributed by atoms with Gasteiger partial charge in [0.1, 0.15) is 0 Å². The molecule has 2 aliphatic heterocycles. The zero-order chi connectivity index (χ0) is 14.4. The summed E-state index contributed by atoms with van der Waals surface area (Å²) in [7, 11) is 2.03. The minimum atomic E-state index is -0.160. The molecule has 0 spiro atoms. The summed E-state index contributed by atoms with van der Waals surface area (Å²) in [5, 5.41) is 3.30. The van der Waals surface area contributed by atoms with E-state index in [1.54, 1.807) is 0 Å². The lowest BCUT2D eigenvalue weighted by molar-refractivity contribution is 0.769. The number of hydrogen-bond acceptors (Lipinski definition) is 4. The van der Waals surface area contributed by atoms with Crippen molar-refractivity contribution >= 4 is 28.8 Å². The van der Waals surface area contributed by atoms with Gasteiger partial charge in [-0.3, -0.25) is 5.73 Å². The summed E-state index contributed by atoms with van der Waals surface area (Å²) in [4.78, 5) is 4.42. The first kappa shape index (κ1) is 12.3. The maximum atomic E-state index is 6.08. The number of hydrogen-bond donors (Lipinski definition) is 2. The van der Waals surface area contributed by atoms with E-state index in [-0.39, 0.29) is 6.29 Å². The topological polar surface area (TPSA) is 44.5 Å². The largest absolute Gasteiger partial charge is 0.351 e. The highest BCUT2D eigenvalue weighted by atomic mass is 15.4. The van der Waals surface area contributed by atoms with Crippen molar-refractivity contribution in [3.05, 3.63) is 54.1 Å². The van der Waals surface area contributed by atoms with E-state index in [1.165, 1.54) is 22.6 Å². The first-order valence-electron chi connectivity index (χ1n) is 7.17. The van der Waals surface area contributed by atoms with Crippen LogP contribution in [0.25, 0.3) is 6.08 Å². The van der Waals surface area contributed by atoms with Gasteiger partial charge in [0.05, 0.1) is 17.1 Å². The molecule has 0 fully saturated rings. The van der Waals surface area contributed by atoms with Crippen LogP contribution in [0.15, 0.2) is 48.5 Å². The molecular formula is C17H18N4. The summed E-state index contributed by atoms with van der Waals surface area (Å²) in [5.74, 6) is 0. The van der Waals surface area contributed by atoms with Crippen LogP contribution in [0.3, 0.4) is 0 Å². The van der Waals surface area contributed by atoms with Crippen molar-refractivity contribution in [2.45, 2.75) is 6.29 Å². The van der Waals surface area contributed by atoms with E-state index >= 15 is 0 Å². The van der Waals surface area contributed by atoms with E-state index in [9.17, 15) is 0 Å². The van der Waals surface area contributed by atoms with E-state index in [0.29, 0.717) is 0 Å². The summed E-state index contributed by atoms with van der Waals surface area (Å²) in [6.45, 7) is 0.888. The highest BCUT2D eigenvalue weighted by Gasteiger charge is 2.28. The summed E-state index contributed by atoms with van der Waals surface area (Å²) in [6, 6.07) is 14.8. The zero-order valence-corrected chi connectivity index (χ0v) is 12.0. The van der Waals surface area contributed by atoms with Crippen molar-refractivity contribution in [2.24, 2.45) is 5.73 Å². The van der Waals surface area contributed by atoms with Gasteiger partial charge in [-0.25, -0.2) is 0 Å². The van der Waals surface area contributed by atoms with Crippen LogP contribution < -0.4 is 20.9 Å². The molecule has 1 unspecified atom stereocenters. The lowest BCUT2D eigenvalue weighted by atomic mass is 10.0. The zero-order valence-electron chi connectivity index (χ0n) is 12.0. The quantitative estimate of drug-likeness (QED) is 0.842. The van der Waals surface area contributed by atoms with Crippen molar-refractivity contribution < 1.29 is 0 Å². The molecule has 2 aromatic carbocycles. The molecule has 21 heavy (non-hydrogen) atoms. The van der Waals surface area contributed by atoms with Gasteiger partial charge < -0.3 is 15.1 Å². The van der Waals surface area contributed by atoms with Gasteiger partial charge in [0.2, 0.25) is 0 Å². The van der Waals surface area contributed by atoms with E-state index in [1.807, 2.05) is 13.1 Å². The highest BCUT2D eigenvalue weighted by Crippen LogP contribution is 2.44. The molecule has 2 aliphatic rings. The SMILES string of the molecule is CN1c2c(ccc3c2C=CCN3c2ccccc2)NC1N. The Morgan fingerprint density at radius 3 is 2.76 bits per heavy atom. The fourth-order valence-electron chi connectivity index (χ4n) is 3.12. The van der Waals surface area contributed by atoms with Crippen molar-refractivity contribution in [2.75, 3.05) is 28.7 Å². The molecule has 4 rings (SSSR count). The summed E-state index contributed by atoms with van der Waals surface area (Å²) in [6.07, 6.45) is 4.24. The second-order valence-corrected chi connectivity index (χ2v) is 5.44. The number of fused-ring (bicyclic) bond motifs is 3. The minimum absolute atomic E-state index is 0.160. The number of nitrogens with one attached hydrogen (secondary N) is 1. The molecule has 2 heterocycles. The molecular weight excluding hydrogens is 260 g/mol. The number of nitrogens with two attached hydrogens (primary N) is 1. The third kappa shape index (κ3) is 1.80. The van der Waals surface area contributed by atoms with E-state index in [2.05, 4.69) is 63.7 Å². The average molecular weight is 278 g/mol. The molecule has 0 saturated heterocycles. The first-order valence-corrected chi connectivity index (χ1v) is 7.17. The third-order valence-corrected chi connectivity index (χ3v) is 4.20. The lowest BCUT2D eigenvalue weighted by Crippen LogP contribution is -2.40. The van der Waals surface area contributed by atoms with Crippen LogP contribution in [0.5, 0.6) is 0 Å². The van der Waals surface area contributed by atoms with Crippen LogP contribution in [0, 0.1) is 0 Å². The van der Waals surface area contributed by atoms with Gasteiger partial charge in [-0.1, -0.05) is 30.4 Å². The molecule has 2 aromatic rings. The Morgan fingerprint density at radius 2 is 1.95 bits per heavy atom. The molecule has 106 valence electrons. The van der Waals surface area contributed by atoms with Gasteiger partial charge in [-0.05, 0) is 24.3 Å². The Labute approximate surface area is 124 Å². The number of nitrogens with zero attached hydrogens (tertiary/aromatic N) is 2. The molecule has 0 saturated carbocycles. The van der Waals surface area contributed by atoms with Crippen molar-refractivity contribution in [1.29, 1.82) is 0 Å². The third-order valence-electron chi connectivity index (χ3n) is 4.20. The fourth-order valence-corrected chi connectivity index (χ4v) is 3.12. The van der Waals surface area contributed by atoms with Crippen molar-refractivity contribution in [1.82, 2.24) is 0 Å². The number of anilines is 4. The maximum absolute atomic E-state index is 6.08. The standard InChI is InChI=1S/C17H18N4/c1-20-16-13-8-5-11-21(12-6-3-2-4-7-12)15(13)10-9-14(16)19-17(20)18/h2-10,17,19H,11,18H2,1H3. The van der Waals surface area contributed by atoms with Crippen LogP contribution >= 0.6 is 0 Å². The van der Waals surface area contributed by atoms with E-state index in [0.717, 1.165) is 12.2 Å². The van der Waals surface area contributed by atoms with Gasteiger partial charge in [0, 0.05) is 24.8 Å². The number of benzene rings is 2. The summed E-state index contributed by atoms with van der Waals surface area (Å²) in [5.41, 5.74) is 12.0. The highest BCUT2D eigenvalue weighted by molar-refractivity contribution is 5.93. The molecule has 3 N–H and O–H groups in total. The lowest BCUT2D eigenvalue weighted by Gasteiger charge is -2.30. The second kappa shape index (κ2) is 4.53. The predicted octanol–water partition coefficient (Wildman–Crippen LogP) is 2.96. The van der Waals surface area contributed by atoms with Crippen LogP contribution in [-0.4, -0.2) is 19.9 Å². The van der Waals surface area contributed by atoms with E-state index < -0.39 is 0 Å². The van der Waals surface area contributed by atoms with Crippen LogP contribution in [0.1, 0.15) is 5.56 Å². The molecule has 1 atom stereocenters. The Morgan fingerprint density at radius 1 is 1.14 bits per heavy atom.